The first-order chi connectivity index (χ1) is 38.5. The molecule has 0 spiro atoms. The van der Waals surface area contributed by atoms with Gasteiger partial charge in [0, 0.05) is 19.3 Å². The van der Waals surface area contributed by atoms with Crippen molar-refractivity contribution >= 4 is 17.9 Å². The first-order valence-electron chi connectivity index (χ1n) is 31.1. The third-order valence-electron chi connectivity index (χ3n) is 12.5. The van der Waals surface area contributed by atoms with Crippen molar-refractivity contribution in [3.63, 3.8) is 0 Å². The lowest BCUT2D eigenvalue weighted by atomic mass is 10.1. The molecule has 6 nitrogen and oxygen atoms in total. The summed E-state index contributed by atoms with van der Waals surface area (Å²) in [6, 6.07) is 0. The van der Waals surface area contributed by atoms with Gasteiger partial charge in [-0.1, -0.05) is 268 Å². The molecule has 0 bridgehead atoms. The Balaban J connectivity index is 4.24. The van der Waals surface area contributed by atoms with Crippen LogP contribution in [-0.4, -0.2) is 37.2 Å². The highest BCUT2D eigenvalue weighted by molar-refractivity contribution is 5.71. The molecule has 0 saturated heterocycles. The number of hydrogen-bond donors (Lipinski definition) is 0. The zero-order chi connectivity index (χ0) is 56.4. The van der Waals surface area contributed by atoms with E-state index in [1.165, 1.54) is 57.8 Å². The first kappa shape index (κ1) is 72.8. The molecule has 0 aliphatic heterocycles. The van der Waals surface area contributed by atoms with E-state index in [1.807, 2.05) is 0 Å². The Hall–Kier alpha value is -5.23. The van der Waals surface area contributed by atoms with Crippen LogP contribution in [0.15, 0.2) is 170 Å². The largest absolute Gasteiger partial charge is 0.462 e. The lowest BCUT2D eigenvalue weighted by molar-refractivity contribution is -0.167. The summed E-state index contributed by atoms with van der Waals surface area (Å²) in [6.45, 7) is 6.28. The molecule has 6 heteroatoms. The topological polar surface area (TPSA) is 78.9 Å². The summed E-state index contributed by atoms with van der Waals surface area (Å²) in [5.41, 5.74) is 0. The van der Waals surface area contributed by atoms with Gasteiger partial charge in [0.2, 0.25) is 0 Å². The highest BCUT2D eigenvalue weighted by Gasteiger charge is 2.19. The summed E-state index contributed by atoms with van der Waals surface area (Å²) in [4.78, 5) is 38.0. The molecule has 1 atom stereocenters. The Bertz CT molecular complexity index is 1810. The van der Waals surface area contributed by atoms with E-state index in [4.69, 9.17) is 14.2 Å². The number of ether oxygens (including phenoxy) is 3. The highest BCUT2D eigenvalue weighted by atomic mass is 16.6. The van der Waals surface area contributed by atoms with Gasteiger partial charge in [-0.05, 0) is 128 Å². The van der Waals surface area contributed by atoms with Gasteiger partial charge in [-0.2, -0.15) is 0 Å². The van der Waals surface area contributed by atoms with Crippen molar-refractivity contribution in [2.24, 2.45) is 0 Å². The van der Waals surface area contributed by atoms with E-state index in [9.17, 15) is 14.4 Å². The van der Waals surface area contributed by atoms with Crippen LogP contribution in [0, 0.1) is 0 Å². The summed E-state index contributed by atoms with van der Waals surface area (Å²) in [5, 5.41) is 0. The van der Waals surface area contributed by atoms with Crippen LogP contribution in [-0.2, 0) is 28.6 Å². The summed E-state index contributed by atoms with van der Waals surface area (Å²) in [7, 11) is 0. The lowest BCUT2D eigenvalue weighted by Crippen LogP contribution is -2.30. The fraction of sp³-hybridized carbons (Fsp3) is 0.569. The summed E-state index contributed by atoms with van der Waals surface area (Å²) >= 11 is 0. The maximum absolute atomic E-state index is 12.8. The zero-order valence-corrected chi connectivity index (χ0v) is 49.9. The Kier molecular flexibility index (Phi) is 60.0. The molecule has 0 heterocycles. The third-order valence-corrected chi connectivity index (χ3v) is 12.5. The van der Waals surface area contributed by atoms with E-state index in [1.54, 1.807) is 0 Å². The number of hydrogen-bond acceptors (Lipinski definition) is 6. The van der Waals surface area contributed by atoms with Gasteiger partial charge < -0.3 is 14.2 Å². The molecular weight excluding hydrogens is 961 g/mol. The Morgan fingerprint density at radius 1 is 0.269 bits per heavy atom. The number of unbranched alkanes of at least 4 members (excludes halogenated alkanes) is 15. The number of carbonyl (C=O) groups is 3. The average Bonchev–Trinajstić information content (AvgIpc) is 3.44. The van der Waals surface area contributed by atoms with E-state index in [0.29, 0.717) is 19.3 Å². The maximum Gasteiger partial charge on any atom is 0.306 e. The van der Waals surface area contributed by atoms with Crippen molar-refractivity contribution in [1.82, 2.24) is 0 Å². The van der Waals surface area contributed by atoms with Crippen LogP contribution in [0.4, 0.5) is 0 Å². The number of rotatable bonds is 54. The molecule has 0 aromatic rings. The van der Waals surface area contributed by atoms with Gasteiger partial charge >= 0.3 is 17.9 Å². The van der Waals surface area contributed by atoms with Crippen LogP contribution in [0.25, 0.3) is 0 Å². The molecule has 0 aromatic carbocycles. The maximum atomic E-state index is 12.8. The quantitative estimate of drug-likeness (QED) is 0.0261. The van der Waals surface area contributed by atoms with Crippen molar-refractivity contribution in [3.8, 4) is 0 Å². The van der Waals surface area contributed by atoms with E-state index in [2.05, 4.69) is 191 Å². The zero-order valence-electron chi connectivity index (χ0n) is 49.9. The SMILES string of the molecule is CC/C=C\C/C=C\C/C=C\C/C=C\C/C=C\C/C=C\C/C=C\CCCCCCCCCCCC(=O)OCC(COC(=O)CCCCCCCC)OC(=O)CCC/C=C\C/C=C\C/C=C\C/C=C\C/C=C\C/C=C\C/C=C\CC. The monoisotopic (exact) mass is 1070 g/mol. The van der Waals surface area contributed by atoms with Gasteiger partial charge in [-0.3, -0.25) is 14.4 Å². The summed E-state index contributed by atoms with van der Waals surface area (Å²) < 4.78 is 16.7. The van der Waals surface area contributed by atoms with Crippen molar-refractivity contribution < 1.29 is 28.6 Å². The molecule has 0 rings (SSSR count). The van der Waals surface area contributed by atoms with Crippen LogP contribution in [0.3, 0.4) is 0 Å². The van der Waals surface area contributed by atoms with E-state index >= 15 is 0 Å². The minimum Gasteiger partial charge on any atom is -0.462 e. The fourth-order valence-corrected chi connectivity index (χ4v) is 7.88. The molecule has 0 aliphatic carbocycles. The molecular formula is C72H112O6. The van der Waals surface area contributed by atoms with Crippen LogP contribution in [0.1, 0.15) is 245 Å². The molecule has 0 radical (unpaired) electrons. The van der Waals surface area contributed by atoms with Gasteiger partial charge in [-0.15, -0.1) is 0 Å². The van der Waals surface area contributed by atoms with Gasteiger partial charge in [-0.25, -0.2) is 0 Å². The molecule has 0 aromatic heterocycles. The van der Waals surface area contributed by atoms with Crippen LogP contribution < -0.4 is 0 Å². The average molecular weight is 1070 g/mol. The molecule has 78 heavy (non-hydrogen) atoms. The predicted octanol–water partition coefficient (Wildman–Crippen LogP) is 21.5. The smallest absolute Gasteiger partial charge is 0.306 e. The normalized spacial score (nSPS) is 13.3. The van der Waals surface area contributed by atoms with E-state index in [-0.39, 0.29) is 37.5 Å². The molecule has 0 fully saturated rings. The van der Waals surface area contributed by atoms with Gasteiger partial charge in [0.15, 0.2) is 6.10 Å². The first-order valence-corrected chi connectivity index (χ1v) is 31.1. The molecule has 1 unspecified atom stereocenters. The lowest BCUT2D eigenvalue weighted by Gasteiger charge is -2.18. The van der Waals surface area contributed by atoms with Crippen molar-refractivity contribution in [1.29, 1.82) is 0 Å². The molecule has 0 amide bonds. The van der Waals surface area contributed by atoms with Crippen molar-refractivity contribution in [2.75, 3.05) is 13.2 Å². The van der Waals surface area contributed by atoms with Gasteiger partial charge in [0.25, 0.3) is 0 Å². The summed E-state index contributed by atoms with van der Waals surface area (Å²) in [5.74, 6) is -0.994. The van der Waals surface area contributed by atoms with E-state index < -0.39 is 6.10 Å². The Morgan fingerprint density at radius 2 is 0.513 bits per heavy atom. The van der Waals surface area contributed by atoms with Crippen molar-refractivity contribution in [2.45, 2.75) is 252 Å². The molecule has 0 saturated carbocycles. The number of esters is 3. The van der Waals surface area contributed by atoms with Gasteiger partial charge in [0.05, 0.1) is 0 Å². The van der Waals surface area contributed by atoms with Crippen molar-refractivity contribution in [3.05, 3.63) is 170 Å². The standard InChI is InChI=1S/C72H112O6/c1-4-7-10-13-16-18-20-22-24-26-28-30-32-33-34-35-36-37-38-39-41-42-44-46-48-50-52-54-56-59-62-65-71(74)77-68-69(67-76-70(73)64-61-58-15-12-9-6-3)78-72(75)66-63-60-57-55-53-51-49-47-45-43-40-31-29-27-25-23-21-19-17-14-11-8-5-2/h7-8,10-11,16-19,22-25,28-31,33-34,36-37,39,41,43,45,49,51,55,57,69H,4-6,9,12-15,20-21,26-27,32,35,38,40,42,44,46-48,50,52-54,56,58-68H2,1-3H3/b10-7-,11-8-,18-16-,19-17-,24-22-,25-23-,30-28-,31-29-,34-33-,37-36-,41-39-,45-43-,51-49-,57-55-. The highest BCUT2D eigenvalue weighted by Crippen LogP contribution is 2.14. The van der Waals surface area contributed by atoms with E-state index in [0.717, 1.165) is 141 Å². The molecule has 0 aliphatic rings. The second kappa shape index (κ2) is 64.3. The predicted molar refractivity (Wildman–Crippen MR) is 338 cm³/mol. The summed E-state index contributed by atoms with van der Waals surface area (Å²) in [6.07, 6.45) is 95.4. The van der Waals surface area contributed by atoms with Crippen LogP contribution >= 0.6 is 0 Å². The second-order valence-corrected chi connectivity index (χ2v) is 19.9. The Morgan fingerprint density at radius 3 is 0.821 bits per heavy atom. The Labute approximate surface area is 479 Å². The fourth-order valence-electron chi connectivity index (χ4n) is 7.88. The van der Waals surface area contributed by atoms with Gasteiger partial charge in [0.1, 0.15) is 13.2 Å². The minimum absolute atomic E-state index is 0.110. The molecule has 0 N–H and O–H groups in total. The molecule has 436 valence electrons. The number of carbonyl (C=O) groups excluding carboxylic acids is 3. The van der Waals surface area contributed by atoms with Crippen LogP contribution in [0.2, 0.25) is 0 Å². The van der Waals surface area contributed by atoms with Crippen LogP contribution in [0.5, 0.6) is 0 Å². The second-order valence-electron chi connectivity index (χ2n) is 19.9. The number of allylic oxidation sites excluding steroid dienone is 28. The third kappa shape index (κ3) is 61.6. The minimum atomic E-state index is -0.817.